The molecule has 0 spiro atoms. The molecule has 0 saturated carbocycles. The fourth-order valence-electron chi connectivity index (χ4n) is 3.46. The molecule has 4 aromatic rings. The lowest BCUT2D eigenvalue weighted by molar-refractivity contribution is 0.0955. The highest BCUT2D eigenvalue weighted by Crippen LogP contribution is 2.25. The van der Waals surface area contributed by atoms with Crippen molar-refractivity contribution in [3.63, 3.8) is 0 Å². The number of aryl methyl sites for hydroxylation is 2. The average Bonchev–Trinajstić information content (AvgIpc) is 3.06. The zero-order valence-corrected chi connectivity index (χ0v) is 16.8. The lowest BCUT2D eigenvalue weighted by atomic mass is 10.0. The molecule has 4 rings (SSSR count). The number of nitrogens with zero attached hydrogens (tertiary/aromatic N) is 3. The van der Waals surface area contributed by atoms with Crippen molar-refractivity contribution in [2.24, 2.45) is 5.10 Å². The summed E-state index contributed by atoms with van der Waals surface area (Å²) >= 11 is 0. The van der Waals surface area contributed by atoms with E-state index in [1.54, 1.807) is 12.1 Å². The van der Waals surface area contributed by atoms with Gasteiger partial charge < -0.3 is 5.11 Å². The van der Waals surface area contributed by atoms with Crippen LogP contribution in [0.2, 0.25) is 0 Å². The highest BCUT2D eigenvalue weighted by Gasteiger charge is 2.08. The first-order valence-corrected chi connectivity index (χ1v) is 9.65. The van der Waals surface area contributed by atoms with E-state index in [4.69, 9.17) is 0 Å². The quantitative estimate of drug-likeness (QED) is 0.391. The van der Waals surface area contributed by atoms with Crippen LogP contribution in [0.3, 0.4) is 0 Å². The van der Waals surface area contributed by atoms with Gasteiger partial charge in [-0.1, -0.05) is 42.5 Å². The molecule has 0 fully saturated rings. The Morgan fingerprint density at radius 1 is 1.10 bits per heavy atom. The molecule has 0 aliphatic rings. The molecule has 1 amide bonds. The lowest BCUT2D eigenvalue weighted by Crippen LogP contribution is -2.18. The van der Waals surface area contributed by atoms with Crippen molar-refractivity contribution in [2.45, 2.75) is 20.4 Å². The van der Waals surface area contributed by atoms with E-state index in [0.717, 1.165) is 27.7 Å². The van der Waals surface area contributed by atoms with Crippen LogP contribution in [-0.4, -0.2) is 27.0 Å². The van der Waals surface area contributed by atoms with E-state index in [1.165, 1.54) is 6.21 Å². The molecule has 6 heteroatoms. The largest absolute Gasteiger partial charge is 0.507 e. The highest BCUT2D eigenvalue weighted by atomic mass is 16.3. The number of phenols is 1. The number of aromatic hydroxyl groups is 1. The number of amides is 1. The van der Waals surface area contributed by atoms with Gasteiger partial charge in [0.15, 0.2) is 0 Å². The van der Waals surface area contributed by atoms with Gasteiger partial charge in [0.05, 0.1) is 18.5 Å². The van der Waals surface area contributed by atoms with Gasteiger partial charge in [-0.05, 0) is 54.4 Å². The second-order valence-electron chi connectivity index (χ2n) is 7.20. The van der Waals surface area contributed by atoms with E-state index < -0.39 is 0 Å². The Bertz CT molecular complexity index is 1260. The summed E-state index contributed by atoms with van der Waals surface area (Å²) in [6.07, 6.45) is 1.47. The van der Waals surface area contributed by atoms with Gasteiger partial charge in [-0.25, -0.2) is 5.43 Å². The minimum absolute atomic E-state index is 0.110. The highest BCUT2D eigenvalue weighted by molar-refractivity contribution is 6.03. The SMILES string of the molecule is Cc1cc(C)n(Cc2cccc(C(=O)N/N=C/c3c(O)ccc4ccccc34)c2)n1. The average molecular weight is 398 g/mol. The molecule has 6 nitrogen and oxygen atoms in total. The molecular formula is C24H22N4O2. The van der Waals surface area contributed by atoms with Crippen molar-refractivity contribution in [1.29, 1.82) is 0 Å². The molecule has 0 aliphatic carbocycles. The summed E-state index contributed by atoms with van der Waals surface area (Å²) in [7, 11) is 0. The van der Waals surface area contributed by atoms with Gasteiger partial charge in [0.25, 0.3) is 5.91 Å². The molecule has 30 heavy (non-hydrogen) atoms. The van der Waals surface area contributed by atoms with Crippen LogP contribution in [0.15, 0.2) is 71.8 Å². The Morgan fingerprint density at radius 2 is 1.93 bits per heavy atom. The van der Waals surface area contributed by atoms with Crippen LogP contribution >= 0.6 is 0 Å². The number of fused-ring (bicyclic) bond motifs is 1. The maximum absolute atomic E-state index is 12.5. The van der Waals surface area contributed by atoms with Gasteiger partial charge in [0, 0.05) is 16.8 Å². The predicted molar refractivity (Wildman–Crippen MR) is 118 cm³/mol. The molecule has 150 valence electrons. The molecule has 0 unspecified atom stereocenters. The molecule has 1 heterocycles. The molecule has 2 N–H and O–H groups in total. The Balaban J connectivity index is 1.50. The smallest absolute Gasteiger partial charge is 0.271 e. The van der Waals surface area contributed by atoms with Crippen molar-refractivity contribution in [2.75, 3.05) is 0 Å². The number of hydrogen-bond donors (Lipinski definition) is 2. The van der Waals surface area contributed by atoms with E-state index >= 15 is 0 Å². The third-order valence-corrected chi connectivity index (χ3v) is 4.93. The van der Waals surface area contributed by atoms with Gasteiger partial charge in [0.1, 0.15) is 5.75 Å². The molecule has 0 radical (unpaired) electrons. The monoisotopic (exact) mass is 398 g/mol. The minimum atomic E-state index is -0.318. The van der Waals surface area contributed by atoms with Crippen LogP contribution in [0, 0.1) is 13.8 Å². The van der Waals surface area contributed by atoms with Crippen LogP contribution < -0.4 is 5.43 Å². The summed E-state index contributed by atoms with van der Waals surface area (Å²) in [6, 6.07) is 20.5. The van der Waals surface area contributed by atoms with Crippen molar-refractivity contribution in [3.8, 4) is 5.75 Å². The summed E-state index contributed by atoms with van der Waals surface area (Å²) in [4.78, 5) is 12.5. The van der Waals surface area contributed by atoms with E-state index in [2.05, 4.69) is 15.6 Å². The van der Waals surface area contributed by atoms with Crippen LogP contribution in [0.4, 0.5) is 0 Å². The van der Waals surface area contributed by atoms with E-state index in [-0.39, 0.29) is 11.7 Å². The normalized spacial score (nSPS) is 11.3. The predicted octanol–water partition coefficient (Wildman–Crippen LogP) is 4.17. The van der Waals surface area contributed by atoms with Gasteiger partial charge in [0.2, 0.25) is 0 Å². The molecule has 0 atom stereocenters. The summed E-state index contributed by atoms with van der Waals surface area (Å²) in [6.45, 7) is 4.56. The number of hydrogen-bond acceptors (Lipinski definition) is 4. The fourth-order valence-corrected chi connectivity index (χ4v) is 3.46. The number of nitrogens with one attached hydrogen (secondary N) is 1. The number of phenolic OH excluding ortho intramolecular Hbond substituents is 1. The van der Waals surface area contributed by atoms with E-state index in [1.807, 2.05) is 73.1 Å². The van der Waals surface area contributed by atoms with Gasteiger partial charge >= 0.3 is 0 Å². The van der Waals surface area contributed by atoms with Crippen LogP contribution in [0.5, 0.6) is 5.75 Å². The number of carbonyl (C=O) groups is 1. The third kappa shape index (κ3) is 4.07. The third-order valence-electron chi connectivity index (χ3n) is 4.93. The van der Waals surface area contributed by atoms with Crippen molar-refractivity contribution in [3.05, 3.63) is 94.8 Å². The van der Waals surface area contributed by atoms with Crippen molar-refractivity contribution in [1.82, 2.24) is 15.2 Å². The zero-order valence-electron chi connectivity index (χ0n) is 16.8. The molecule has 0 aliphatic heterocycles. The van der Waals surface area contributed by atoms with Crippen LogP contribution in [0.1, 0.15) is 32.9 Å². The van der Waals surface area contributed by atoms with Gasteiger partial charge in [-0.3, -0.25) is 9.48 Å². The second-order valence-corrected chi connectivity index (χ2v) is 7.20. The number of carbonyl (C=O) groups excluding carboxylic acids is 1. The van der Waals surface area contributed by atoms with Crippen LogP contribution in [0.25, 0.3) is 10.8 Å². The first kappa shape index (κ1) is 19.4. The first-order valence-electron chi connectivity index (χ1n) is 9.65. The molecule has 0 saturated heterocycles. The fraction of sp³-hybridized carbons (Fsp3) is 0.125. The maximum Gasteiger partial charge on any atom is 0.271 e. The Labute approximate surface area is 174 Å². The molecular weight excluding hydrogens is 376 g/mol. The standard InChI is InChI=1S/C24H22N4O2/c1-16-12-17(2)28(27-16)15-18-6-5-8-20(13-18)24(30)26-25-14-22-21-9-4-3-7-19(21)10-11-23(22)29/h3-14,29H,15H2,1-2H3,(H,26,30)/b25-14+. The number of aromatic nitrogens is 2. The zero-order chi connectivity index (χ0) is 21.1. The Morgan fingerprint density at radius 3 is 2.73 bits per heavy atom. The van der Waals surface area contributed by atoms with Gasteiger partial charge in [-0.15, -0.1) is 0 Å². The molecule has 1 aromatic heterocycles. The molecule has 3 aromatic carbocycles. The summed E-state index contributed by atoms with van der Waals surface area (Å²) < 4.78 is 1.91. The lowest BCUT2D eigenvalue weighted by Gasteiger charge is -2.07. The first-order chi connectivity index (χ1) is 14.5. The topological polar surface area (TPSA) is 79.5 Å². The Kier molecular flexibility index (Phi) is 5.30. The number of rotatable bonds is 5. The molecule has 0 bridgehead atoms. The van der Waals surface area contributed by atoms with Crippen molar-refractivity contribution >= 4 is 22.9 Å². The summed E-state index contributed by atoms with van der Waals surface area (Å²) in [5.41, 5.74) is 6.63. The minimum Gasteiger partial charge on any atom is -0.507 e. The number of hydrazone groups is 1. The summed E-state index contributed by atoms with van der Waals surface area (Å²) in [5, 5.41) is 20.6. The van der Waals surface area contributed by atoms with E-state index in [9.17, 15) is 9.90 Å². The second kappa shape index (κ2) is 8.21. The van der Waals surface area contributed by atoms with Crippen LogP contribution in [-0.2, 0) is 6.54 Å². The van der Waals surface area contributed by atoms with E-state index in [0.29, 0.717) is 17.7 Å². The summed E-state index contributed by atoms with van der Waals surface area (Å²) in [5.74, 6) is -0.209. The van der Waals surface area contributed by atoms with Crippen molar-refractivity contribution < 1.29 is 9.90 Å². The maximum atomic E-state index is 12.5. The number of benzene rings is 3. The van der Waals surface area contributed by atoms with Gasteiger partial charge in [-0.2, -0.15) is 10.2 Å². The Hall–Kier alpha value is -3.93.